The second kappa shape index (κ2) is 23.5. The molecule has 0 aromatic rings. The Bertz CT molecular complexity index is 366. The Labute approximate surface area is 188 Å². The van der Waals surface area contributed by atoms with Crippen LogP contribution in [0, 0.1) is 0 Å². The zero-order chi connectivity index (χ0) is 22.3. The van der Waals surface area contributed by atoms with Gasteiger partial charge < -0.3 is 15.4 Å². The summed E-state index contributed by atoms with van der Waals surface area (Å²) in [5, 5.41) is 7.37. The molecule has 174 valence electrons. The molecule has 1 fully saturated rings. The number of thiol groups is 1. The van der Waals surface area contributed by atoms with Crippen LogP contribution in [0.25, 0.3) is 0 Å². The van der Waals surface area contributed by atoms with Crippen LogP contribution in [0.2, 0.25) is 0 Å². The highest BCUT2D eigenvalue weighted by molar-refractivity contribution is 7.80. The van der Waals surface area contributed by atoms with Gasteiger partial charge in [0.05, 0.1) is 6.61 Å². The Morgan fingerprint density at radius 1 is 0.862 bits per heavy atom. The summed E-state index contributed by atoms with van der Waals surface area (Å²) in [5.74, 6) is 0.754. The second-order valence-corrected chi connectivity index (χ2v) is 8.01. The van der Waals surface area contributed by atoms with Crippen molar-refractivity contribution in [3.63, 3.8) is 0 Å². The maximum atomic E-state index is 5.72. The molecule has 1 aliphatic rings. The molecule has 0 radical (unpaired) electrons. The average Bonchev–Trinajstić information content (AvgIpc) is 2.76. The van der Waals surface area contributed by atoms with Crippen molar-refractivity contribution in [1.29, 1.82) is 0 Å². The first-order valence-corrected chi connectivity index (χ1v) is 12.8. The number of ether oxygens (including phenoxy) is 1. The summed E-state index contributed by atoms with van der Waals surface area (Å²) in [4.78, 5) is 0. The highest BCUT2D eigenvalue weighted by Crippen LogP contribution is 2.23. The van der Waals surface area contributed by atoms with Crippen LogP contribution in [0.5, 0.6) is 0 Å². The van der Waals surface area contributed by atoms with Gasteiger partial charge in [0.15, 0.2) is 5.88 Å². The summed E-state index contributed by atoms with van der Waals surface area (Å²) in [6.07, 6.45) is 14.7. The molecule has 0 atom stereocenters. The molecule has 1 rings (SSSR count). The molecule has 0 aromatic heterocycles. The molecule has 0 heterocycles. The minimum absolute atomic E-state index is 0.528. The molecular weight excluding hydrogens is 376 g/mol. The number of allylic oxidation sites excluding steroid dienone is 1. The normalized spacial score (nSPS) is 17.7. The Morgan fingerprint density at radius 3 is 1.93 bits per heavy atom. The highest BCUT2D eigenvalue weighted by atomic mass is 32.1. The lowest BCUT2D eigenvalue weighted by Gasteiger charge is -2.27. The van der Waals surface area contributed by atoms with E-state index < -0.39 is 0 Å². The van der Waals surface area contributed by atoms with E-state index in [2.05, 4.69) is 43.3 Å². The van der Waals surface area contributed by atoms with E-state index in [9.17, 15) is 0 Å². The van der Waals surface area contributed by atoms with Gasteiger partial charge in [0.2, 0.25) is 0 Å². The van der Waals surface area contributed by atoms with E-state index in [0.717, 1.165) is 37.6 Å². The quantitative estimate of drug-likeness (QED) is 0.143. The van der Waals surface area contributed by atoms with Gasteiger partial charge in [-0.15, -0.1) is 0 Å². The first kappa shape index (κ1) is 30.4. The van der Waals surface area contributed by atoms with Crippen molar-refractivity contribution in [3.8, 4) is 0 Å². The van der Waals surface area contributed by atoms with Crippen LogP contribution in [0.15, 0.2) is 24.7 Å². The first-order chi connectivity index (χ1) is 14.1. The van der Waals surface area contributed by atoms with Crippen molar-refractivity contribution in [3.05, 3.63) is 24.7 Å². The molecule has 1 saturated carbocycles. The van der Waals surface area contributed by atoms with Crippen LogP contribution in [0.4, 0.5) is 0 Å². The lowest BCUT2D eigenvalue weighted by atomic mass is 9.95. The predicted molar refractivity (Wildman–Crippen MR) is 136 cm³/mol. The lowest BCUT2D eigenvalue weighted by molar-refractivity contribution is 0.173. The van der Waals surface area contributed by atoms with E-state index in [4.69, 9.17) is 4.74 Å². The fourth-order valence-electron chi connectivity index (χ4n) is 3.19. The minimum Gasteiger partial charge on any atom is -0.480 e. The molecule has 0 bridgehead atoms. The summed E-state index contributed by atoms with van der Waals surface area (Å²) in [6.45, 7) is 20.0. The summed E-state index contributed by atoms with van der Waals surface area (Å²) in [5.41, 5.74) is 1.16. The van der Waals surface area contributed by atoms with E-state index >= 15 is 0 Å². The van der Waals surface area contributed by atoms with Gasteiger partial charge in [-0.1, -0.05) is 73.3 Å². The summed E-state index contributed by atoms with van der Waals surface area (Å²) >= 11 is 4.54. The van der Waals surface area contributed by atoms with E-state index in [1.54, 1.807) is 0 Å². The van der Waals surface area contributed by atoms with Crippen molar-refractivity contribution in [2.75, 3.05) is 13.2 Å². The van der Waals surface area contributed by atoms with Gasteiger partial charge in [-0.25, -0.2) is 0 Å². The maximum absolute atomic E-state index is 5.72. The third-order valence-corrected chi connectivity index (χ3v) is 5.48. The van der Waals surface area contributed by atoms with Gasteiger partial charge >= 0.3 is 0 Å². The molecule has 0 spiro atoms. The molecule has 0 saturated heterocycles. The van der Waals surface area contributed by atoms with Crippen molar-refractivity contribution < 1.29 is 4.74 Å². The van der Waals surface area contributed by atoms with Crippen molar-refractivity contribution in [1.82, 2.24) is 10.6 Å². The van der Waals surface area contributed by atoms with Crippen LogP contribution >= 0.6 is 12.6 Å². The van der Waals surface area contributed by atoms with E-state index in [1.807, 2.05) is 27.7 Å². The van der Waals surface area contributed by atoms with E-state index in [-0.39, 0.29) is 0 Å². The molecule has 0 unspecified atom stereocenters. The fraction of sp³-hybridized carbons (Fsp3) is 0.840. The largest absolute Gasteiger partial charge is 0.480 e. The van der Waals surface area contributed by atoms with E-state index in [1.165, 1.54) is 64.2 Å². The van der Waals surface area contributed by atoms with Gasteiger partial charge in [0.1, 0.15) is 0 Å². The van der Waals surface area contributed by atoms with Gasteiger partial charge in [0, 0.05) is 23.5 Å². The van der Waals surface area contributed by atoms with Crippen LogP contribution in [0.1, 0.15) is 112 Å². The number of hydrogen-bond donors (Lipinski definition) is 3. The maximum Gasteiger partial charge on any atom is 0.179 e. The number of unbranched alkanes of at least 4 members (excludes halogenated alkanes) is 6. The first-order valence-electron chi connectivity index (χ1n) is 12.3. The molecule has 3 nitrogen and oxygen atoms in total. The Morgan fingerprint density at radius 2 is 1.38 bits per heavy atom. The third kappa shape index (κ3) is 20.3. The van der Waals surface area contributed by atoms with Crippen LogP contribution in [-0.4, -0.2) is 24.4 Å². The second-order valence-electron chi connectivity index (χ2n) is 7.28. The molecule has 29 heavy (non-hydrogen) atoms. The zero-order valence-electron chi connectivity index (χ0n) is 20.3. The van der Waals surface area contributed by atoms with Crippen molar-refractivity contribution in [2.45, 2.75) is 123 Å². The van der Waals surface area contributed by atoms with Crippen LogP contribution < -0.4 is 10.6 Å². The number of nitrogens with one attached hydrogen (secondary N) is 2. The number of rotatable bonds is 15. The van der Waals surface area contributed by atoms with Crippen molar-refractivity contribution >= 4 is 12.6 Å². The smallest absolute Gasteiger partial charge is 0.179 e. The summed E-state index contributed by atoms with van der Waals surface area (Å²) in [6, 6.07) is 0.528. The molecule has 4 heteroatoms. The minimum atomic E-state index is 0.528. The van der Waals surface area contributed by atoms with Gasteiger partial charge in [-0.3, -0.25) is 0 Å². The molecule has 0 amide bonds. The molecule has 2 N–H and O–H groups in total. The van der Waals surface area contributed by atoms with Crippen LogP contribution in [-0.2, 0) is 4.74 Å². The number of hydrogen-bond acceptors (Lipinski definition) is 4. The third-order valence-electron chi connectivity index (χ3n) is 4.96. The van der Waals surface area contributed by atoms with Gasteiger partial charge in [-0.2, -0.15) is 12.6 Å². The Kier molecular flexibility index (Phi) is 24.7. The van der Waals surface area contributed by atoms with Gasteiger partial charge in [0.25, 0.3) is 0 Å². The molecule has 0 aliphatic heterocycles. The molecular formula is C25H52N2OS. The monoisotopic (exact) mass is 428 g/mol. The van der Waals surface area contributed by atoms with Crippen molar-refractivity contribution in [2.24, 2.45) is 0 Å². The fourth-order valence-corrected chi connectivity index (χ4v) is 3.48. The van der Waals surface area contributed by atoms with Crippen LogP contribution in [0.3, 0.4) is 0 Å². The predicted octanol–water partition coefficient (Wildman–Crippen LogP) is 7.60. The Hall–Kier alpha value is -0.770. The Balaban J connectivity index is 0. The summed E-state index contributed by atoms with van der Waals surface area (Å²) in [7, 11) is 0. The topological polar surface area (TPSA) is 33.3 Å². The standard InChI is InChI=1S/C21H40N2OS.2C2H6/c1-4-18(2)22-16-10-8-6-5-7-9-11-17-24-19(3)23-20-12-14-21(25)15-13-20;2*1-2/h20-23,25H,2-17H2,1H3;2*1-2H3. The molecule has 0 aromatic carbocycles. The average molecular weight is 429 g/mol. The van der Waals surface area contributed by atoms with E-state index in [0.29, 0.717) is 11.3 Å². The highest BCUT2D eigenvalue weighted by Gasteiger charge is 2.18. The lowest BCUT2D eigenvalue weighted by Crippen LogP contribution is -2.33. The summed E-state index contributed by atoms with van der Waals surface area (Å²) < 4.78 is 5.72. The molecule has 1 aliphatic carbocycles. The zero-order valence-corrected chi connectivity index (χ0v) is 21.2. The van der Waals surface area contributed by atoms with Gasteiger partial charge in [-0.05, 0) is 51.5 Å². The SMILES string of the molecule is C=C(CC)NCCCCCCCCCOC(=C)NC1CCC(S)CC1.CC.CC.